The molecule has 0 bridgehead atoms. The van der Waals surface area contributed by atoms with E-state index >= 15 is 0 Å². The molecule has 2 heterocycles. The highest BCUT2D eigenvalue weighted by Crippen LogP contribution is 2.38. The third kappa shape index (κ3) is 3.21. The number of sulfonamides is 1. The van der Waals surface area contributed by atoms with Crippen LogP contribution in [0.5, 0.6) is 0 Å². The van der Waals surface area contributed by atoms with Crippen LogP contribution in [0.2, 0.25) is 0 Å². The second-order valence-electron chi connectivity index (χ2n) is 5.09. The second kappa shape index (κ2) is 5.82. The smallest absolute Gasteiger partial charge is 0.272 e. The lowest BCUT2D eigenvalue weighted by atomic mass is 10.2. The summed E-state index contributed by atoms with van der Waals surface area (Å²) in [5.74, 6) is 0.246. The number of hydrogen-bond donors (Lipinski definition) is 3. The monoisotopic (exact) mass is 340 g/mol. The topological polar surface area (TPSA) is 104 Å². The summed E-state index contributed by atoms with van der Waals surface area (Å²) in [6, 6.07) is 4.99. The molecule has 1 saturated carbocycles. The Morgan fingerprint density at radius 3 is 2.91 bits per heavy atom. The zero-order valence-corrected chi connectivity index (χ0v) is 13.6. The normalized spacial score (nSPS) is 15.0. The van der Waals surface area contributed by atoms with Gasteiger partial charge in [-0.25, -0.2) is 13.1 Å². The van der Waals surface area contributed by atoms with E-state index in [1.165, 1.54) is 13.1 Å². The lowest BCUT2D eigenvalue weighted by molar-refractivity contribution is 0.0946. The van der Waals surface area contributed by atoms with Gasteiger partial charge >= 0.3 is 0 Å². The minimum Gasteiger partial charge on any atom is -0.346 e. The second-order valence-corrected chi connectivity index (χ2v) is 8.38. The van der Waals surface area contributed by atoms with Crippen LogP contribution >= 0.6 is 11.3 Å². The Morgan fingerprint density at radius 2 is 2.23 bits per heavy atom. The van der Waals surface area contributed by atoms with Gasteiger partial charge in [0.1, 0.15) is 9.90 Å². The molecular formula is C13H16N4O3S2. The van der Waals surface area contributed by atoms with Crippen LogP contribution in [0.3, 0.4) is 0 Å². The summed E-state index contributed by atoms with van der Waals surface area (Å²) in [5, 5.41) is 9.63. The summed E-state index contributed by atoms with van der Waals surface area (Å²) < 4.78 is 25.8. The Morgan fingerprint density at radius 1 is 1.45 bits per heavy atom. The number of hydrogen-bond acceptors (Lipinski definition) is 5. The first-order valence-corrected chi connectivity index (χ1v) is 9.15. The number of aromatic nitrogens is 2. The number of nitrogens with zero attached hydrogens (tertiary/aromatic N) is 1. The Balaban J connectivity index is 1.60. The number of amides is 1. The van der Waals surface area contributed by atoms with Gasteiger partial charge in [-0.05, 0) is 38.1 Å². The van der Waals surface area contributed by atoms with Crippen LogP contribution in [0, 0.1) is 0 Å². The zero-order chi connectivity index (χ0) is 15.7. The van der Waals surface area contributed by atoms with Crippen LogP contribution in [-0.4, -0.2) is 31.6 Å². The highest BCUT2D eigenvalue weighted by atomic mass is 32.2. The van der Waals surface area contributed by atoms with Crippen LogP contribution in [0.4, 0.5) is 0 Å². The number of nitrogens with one attached hydrogen (secondary N) is 3. The molecule has 0 saturated heterocycles. The fraction of sp³-hybridized carbons (Fsp3) is 0.385. The molecule has 3 rings (SSSR count). The molecule has 1 fully saturated rings. The minimum atomic E-state index is -3.43. The van der Waals surface area contributed by atoms with Crippen molar-refractivity contribution in [3.05, 3.63) is 34.5 Å². The molecule has 1 amide bonds. The number of H-pyrrole nitrogens is 1. The maximum Gasteiger partial charge on any atom is 0.272 e. The predicted octanol–water partition coefficient (Wildman–Crippen LogP) is 1.19. The van der Waals surface area contributed by atoms with Crippen LogP contribution in [0.25, 0.3) is 0 Å². The average Bonchev–Trinajstić information content (AvgIpc) is 3.05. The number of aromatic amines is 1. The van der Waals surface area contributed by atoms with Crippen LogP contribution in [-0.2, 0) is 16.6 Å². The number of rotatable bonds is 6. The van der Waals surface area contributed by atoms with Gasteiger partial charge in [-0.15, -0.1) is 11.3 Å². The summed E-state index contributed by atoms with van der Waals surface area (Å²) >= 11 is 1.13. The number of carbonyl (C=O) groups is 1. The van der Waals surface area contributed by atoms with Gasteiger partial charge in [0.15, 0.2) is 0 Å². The van der Waals surface area contributed by atoms with Gasteiger partial charge in [0.05, 0.1) is 6.54 Å². The molecule has 22 heavy (non-hydrogen) atoms. The minimum absolute atomic E-state index is 0.232. The third-order valence-electron chi connectivity index (χ3n) is 3.44. The Bertz CT molecular complexity index is 790. The quantitative estimate of drug-likeness (QED) is 0.734. The van der Waals surface area contributed by atoms with Crippen LogP contribution in [0.15, 0.2) is 22.4 Å². The molecule has 1 aliphatic rings. The van der Waals surface area contributed by atoms with Crippen LogP contribution in [0.1, 0.15) is 39.8 Å². The van der Waals surface area contributed by atoms with Gasteiger partial charge < -0.3 is 5.32 Å². The number of thiophene rings is 1. The fourth-order valence-corrected chi connectivity index (χ4v) is 4.15. The van der Waals surface area contributed by atoms with E-state index in [0.29, 0.717) is 11.6 Å². The van der Waals surface area contributed by atoms with Crippen molar-refractivity contribution in [3.8, 4) is 0 Å². The first-order valence-electron chi connectivity index (χ1n) is 6.85. The lowest BCUT2D eigenvalue weighted by Crippen LogP contribution is -2.22. The summed E-state index contributed by atoms with van der Waals surface area (Å²) in [7, 11) is -2.06. The van der Waals surface area contributed by atoms with Crippen molar-refractivity contribution < 1.29 is 13.2 Å². The van der Waals surface area contributed by atoms with Gasteiger partial charge in [0.2, 0.25) is 10.0 Å². The Hall–Kier alpha value is -1.71. The predicted molar refractivity (Wildman–Crippen MR) is 82.3 cm³/mol. The van der Waals surface area contributed by atoms with Gasteiger partial charge in [0.25, 0.3) is 5.91 Å². The standard InChI is InChI=1S/C13H16N4O3S2/c1-14-22(19,20)12-5-4-9(21-12)7-15-13(18)11-6-10(16-17-11)8-2-3-8/h4-6,8,14H,2-3,7H2,1H3,(H,15,18)(H,16,17). The van der Waals surface area contributed by atoms with E-state index in [1.54, 1.807) is 12.1 Å². The fourth-order valence-electron chi connectivity index (χ4n) is 2.01. The number of carbonyl (C=O) groups excluding carboxylic acids is 1. The van der Waals surface area contributed by atoms with E-state index in [4.69, 9.17) is 0 Å². The third-order valence-corrected chi connectivity index (χ3v) is 6.43. The van der Waals surface area contributed by atoms with E-state index in [9.17, 15) is 13.2 Å². The van der Waals surface area contributed by atoms with Crippen molar-refractivity contribution in [2.75, 3.05) is 7.05 Å². The van der Waals surface area contributed by atoms with Gasteiger partial charge in [-0.2, -0.15) is 5.10 Å². The Labute approximate surface area is 132 Å². The van der Waals surface area contributed by atoms with Gasteiger partial charge in [-0.3, -0.25) is 9.89 Å². The van der Waals surface area contributed by atoms with Crippen LogP contribution < -0.4 is 10.0 Å². The van der Waals surface area contributed by atoms with Gasteiger partial charge in [-0.1, -0.05) is 0 Å². The summed E-state index contributed by atoms with van der Waals surface area (Å²) in [5.41, 5.74) is 1.37. The molecule has 0 aliphatic heterocycles. The Kier molecular flexibility index (Phi) is 4.02. The molecule has 3 N–H and O–H groups in total. The molecule has 1 aliphatic carbocycles. The SMILES string of the molecule is CNS(=O)(=O)c1ccc(CNC(=O)c2cc(C3CC3)[nH]n2)s1. The summed E-state index contributed by atoms with van der Waals surface area (Å²) in [6.45, 7) is 0.272. The molecule has 0 spiro atoms. The lowest BCUT2D eigenvalue weighted by Gasteiger charge is -2.00. The van der Waals surface area contributed by atoms with E-state index in [-0.39, 0.29) is 16.7 Å². The first-order chi connectivity index (χ1) is 10.5. The highest BCUT2D eigenvalue weighted by Gasteiger charge is 2.26. The summed E-state index contributed by atoms with van der Waals surface area (Å²) in [6.07, 6.45) is 2.28. The van der Waals surface area contributed by atoms with E-state index in [1.807, 2.05) is 0 Å². The first kappa shape index (κ1) is 15.2. The average molecular weight is 340 g/mol. The maximum atomic E-state index is 12.0. The van der Waals surface area contributed by atoms with Gasteiger partial charge in [0, 0.05) is 16.5 Å². The molecule has 0 atom stereocenters. The molecule has 7 nitrogen and oxygen atoms in total. The van der Waals surface area contributed by atoms with E-state index in [2.05, 4.69) is 20.2 Å². The van der Waals surface area contributed by atoms with Crippen molar-refractivity contribution >= 4 is 27.3 Å². The molecular weight excluding hydrogens is 324 g/mol. The van der Waals surface area contributed by atoms with Crippen molar-refractivity contribution in [2.45, 2.75) is 29.5 Å². The van der Waals surface area contributed by atoms with Crippen molar-refractivity contribution in [2.24, 2.45) is 0 Å². The molecule has 118 valence electrons. The molecule has 2 aromatic rings. The largest absolute Gasteiger partial charge is 0.346 e. The van der Waals surface area contributed by atoms with Crippen molar-refractivity contribution in [1.82, 2.24) is 20.2 Å². The van der Waals surface area contributed by atoms with Crippen molar-refractivity contribution in [1.29, 1.82) is 0 Å². The maximum absolute atomic E-state index is 12.0. The summed E-state index contributed by atoms with van der Waals surface area (Å²) in [4.78, 5) is 12.8. The van der Waals surface area contributed by atoms with Crippen molar-refractivity contribution in [3.63, 3.8) is 0 Å². The molecule has 9 heteroatoms. The zero-order valence-electron chi connectivity index (χ0n) is 11.9. The molecule has 0 aromatic carbocycles. The highest BCUT2D eigenvalue weighted by molar-refractivity contribution is 7.91. The van der Waals surface area contributed by atoms with E-state index < -0.39 is 10.0 Å². The molecule has 0 radical (unpaired) electrons. The molecule has 2 aromatic heterocycles. The molecule has 0 unspecified atom stereocenters. The van der Waals surface area contributed by atoms with E-state index in [0.717, 1.165) is 34.7 Å².